The van der Waals surface area contributed by atoms with Crippen LogP contribution in [0.2, 0.25) is 0 Å². The second-order valence-corrected chi connectivity index (χ2v) is 7.81. The molecule has 0 aliphatic rings. The Morgan fingerprint density at radius 3 is 2.56 bits per heavy atom. The van der Waals surface area contributed by atoms with Crippen molar-refractivity contribution in [2.45, 2.75) is 12.8 Å². The molecule has 0 aliphatic heterocycles. The average Bonchev–Trinajstić information content (AvgIpc) is 3.23. The normalized spacial score (nSPS) is 12.0. The molecule has 34 heavy (non-hydrogen) atoms. The van der Waals surface area contributed by atoms with E-state index < -0.39 is 11.9 Å². The van der Waals surface area contributed by atoms with Crippen LogP contribution in [0.1, 0.15) is 18.4 Å². The van der Waals surface area contributed by atoms with Crippen LogP contribution in [0.4, 0.5) is 14.6 Å². The highest BCUT2D eigenvalue weighted by molar-refractivity contribution is 6.01. The molecular formula is C26H19F2N5O. The van der Waals surface area contributed by atoms with Gasteiger partial charge in [-0.2, -0.15) is 4.39 Å². The predicted octanol–water partition coefficient (Wildman–Crippen LogP) is 5.71. The number of fused-ring (bicyclic) bond motifs is 1. The van der Waals surface area contributed by atoms with Crippen molar-refractivity contribution in [1.29, 1.82) is 0 Å². The molecule has 168 valence electrons. The molecule has 0 unspecified atom stereocenters. The Morgan fingerprint density at radius 1 is 0.971 bits per heavy atom. The Balaban J connectivity index is 1.52. The summed E-state index contributed by atoms with van der Waals surface area (Å²) in [7, 11) is 0. The summed E-state index contributed by atoms with van der Waals surface area (Å²) >= 11 is 0. The fourth-order valence-electron chi connectivity index (χ4n) is 3.81. The van der Waals surface area contributed by atoms with Crippen molar-refractivity contribution in [3.8, 4) is 22.5 Å². The highest BCUT2D eigenvalue weighted by Gasteiger charge is 2.20. The number of carbonyl (C=O) groups is 1. The lowest BCUT2D eigenvalue weighted by atomic mass is 10.0. The van der Waals surface area contributed by atoms with Crippen molar-refractivity contribution in [2.75, 3.05) is 5.32 Å². The molecule has 0 bridgehead atoms. The minimum absolute atomic E-state index is 0.276. The van der Waals surface area contributed by atoms with Crippen LogP contribution in [0.15, 0.2) is 79.1 Å². The summed E-state index contributed by atoms with van der Waals surface area (Å²) in [5, 5.41) is 2.82. The Bertz CT molecular complexity index is 1480. The van der Waals surface area contributed by atoms with Crippen LogP contribution < -0.4 is 5.32 Å². The van der Waals surface area contributed by atoms with Gasteiger partial charge in [0.2, 0.25) is 11.9 Å². The summed E-state index contributed by atoms with van der Waals surface area (Å²) in [5.41, 5.74) is 4.49. The molecule has 1 atom stereocenters. The van der Waals surface area contributed by atoms with E-state index in [1.807, 2.05) is 12.1 Å². The molecule has 0 aliphatic carbocycles. The first-order chi connectivity index (χ1) is 16.5. The third-order valence-electron chi connectivity index (χ3n) is 5.59. The second kappa shape index (κ2) is 8.82. The van der Waals surface area contributed by atoms with Crippen LogP contribution in [-0.2, 0) is 4.79 Å². The van der Waals surface area contributed by atoms with E-state index in [9.17, 15) is 13.6 Å². The number of aromatic amines is 1. The Morgan fingerprint density at radius 2 is 1.79 bits per heavy atom. The molecule has 5 rings (SSSR count). The topological polar surface area (TPSA) is 83.6 Å². The van der Waals surface area contributed by atoms with Gasteiger partial charge in [-0.1, -0.05) is 18.2 Å². The summed E-state index contributed by atoms with van der Waals surface area (Å²) < 4.78 is 27.2. The van der Waals surface area contributed by atoms with E-state index in [1.165, 1.54) is 18.2 Å². The fraction of sp³-hybridized carbons (Fsp3) is 0.0769. The van der Waals surface area contributed by atoms with Gasteiger partial charge in [0.05, 0.1) is 28.4 Å². The molecule has 2 N–H and O–H groups in total. The number of aromatic nitrogens is 4. The molecule has 0 fully saturated rings. The lowest BCUT2D eigenvalue weighted by Crippen LogP contribution is -2.19. The first kappa shape index (κ1) is 21.4. The van der Waals surface area contributed by atoms with Gasteiger partial charge in [0.25, 0.3) is 0 Å². The van der Waals surface area contributed by atoms with Gasteiger partial charge in [-0.25, -0.2) is 14.4 Å². The van der Waals surface area contributed by atoms with Crippen molar-refractivity contribution in [2.24, 2.45) is 0 Å². The molecule has 5 aromatic rings. The van der Waals surface area contributed by atoms with Gasteiger partial charge < -0.3 is 10.3 Å². The van der Waals surface area contributed by atoms with E-state index in [2.05, 4.69) is 25.3 Å². The lowest BCUT2D eigenvalue weighted by Gasteiger charge is -2.13. The van der Waals surface area contributed by atoms with E-state index in [0.717, 1.165) is 5.56 Å². The molecule has 1 amide bonds. The van der Waals surface area contributed by atoms with Gasteiger partial charge >= 0.3 is 0 Å². The van der Waals surface area contributed by atoms with Crippen LogP contribution in [0.25, 0.3) is 33.5 Å². The van der Waals surface area contributed by atoms with Crippen molar-refractivity contribution < 1.29 is 13.6 Å². The van der Waals surface area contributed by atoms with E-state index in [1.54, 1.807) is 55.7 Å². The molecular weight excluding hydrogens is 436 g/mol. The Labute approximate surface area is 193 Å². The second-order valence-electron chi connectivity index (χ2n) is 7.81. The van der Waals surface area contributed by atoms with Crippen molar-refractivity contribution in [1.82, 2.24) is 19.9 Å². The number of hydrogen-bond donors (Lipinski definition) is 2. The Hall–Kier alpha value is -4.46. The summed E-state index contributed by atoms with van der Waals surface area (Å²) in [4.78, 5) is 28.9. The molecule has 0 spiro atoms. The summed E-state index contributed by atoms with van der Waals surface area (Å²) in [6.07, 6.45) is 3.24. The largest absolute Gasteiger partial charge is 0.353 e. The number of benzene rings is 1. The van der Waals surface area contributed by atoms with Gasteiger partial charge in [0, 0.05) is 18.0 Å². The summed E-state index contributed by atoms with van der Waals surface area (Å²) in [5.74, 6) is -1.38. The molecule has 0 saturated heterocycles. The number of halogens is 2. The van der Waals surface area contributed by atoms with E-state index in [4.69, 9.17) is 0 Å². The van der Waals surface area contributed by atoms with Crippen molar-refractivity contribution in [3.05, 3.63) is 96.5 Å². The zero-order chi connectivity index (χ0) is 23.7. The molecule has 0 saturated carbocycles. The van der Waals surface area contributed by atoms with Crippen LogP contribution in [0.3, 0.4) is 0 Å². The van der Waals surface area contributed by atoms with Gasteiger partial charge in [0.15, 0.2) is 0 Å². The third kappa shape index (κ3) is 4.13. The monoisotopic (exact) mass is 455 g/mol. The van der Waals surface area contributed by atoms with Crippen LogP contribution in [-0.4, -0.2) is 25.8 Å². The molecule has 1 aromatic carbocycles. The molecule has 6 nitrogen and oxygen atoms in total. The number of amides is 1. The van der Waals surface area contributed by atoms with Crippen LogP contribution >= 0.6 is 0 Å². The SMILES string of the molecule is C[C@H](C(=O)Nc1cc(-c2[nH]c3ccc(F)nc3c2-c2ccccn2)ccn1)c1ccc(F)cc1. The minimum Gasteiger partial charge on any atom is -0.353 e. The lowest BCUT2D eigenvalue weighted by molar-refractivity contribution is -0.117. The van der Waals surface area contributed by atoms with Crippen molar-refractivity contribution in [3.63, 3.8) is 0 Å². The third-order valence-corrected chi connectivity index (χ3v) is 5.59. The zero-order valence-corrected chi connectivity index (χ0v) is 18.1. The van der Waals surface area contributed by atoms with Crippen LogP contribution in [0, 0.1) is 11.8 Å². The van der Waals surface area contributed by atoms with Crippen molar-refractivity contribution >= 4 is 22.8 Å². The van der Waals surface area contributed by atoms with Gasteiger partial charge in [-0.05, 0) is 61.0 Å². The molecule has 4 aromatic heterocycles. The number of hydrogen-bond acceptors (Lipinski definition) is 4. The van der Waals surface area contributed by atoms with Gasteiger partial charge in [-0.15, -0.1) is 0 Å². The number of rotatable bonds is 5. The number of nitrogens with zero attached hydrogens (tertiary/aromatic N) is 3. The smallest absolute Gasteiger partial charge is 0.232 e. The van der Waals surface area contributed by atoms with E-state index in [0.29, 0.717) is 39.4 Å². The summed E-state index contributed by atoms with van der Waals surface area (Å²) in [6, 6.07) is 17.7. The quantitative estimate of drug-likeness (QED) is 0.333. The fourth-order valence-corrected chi connectivity index (χ4v) is 3.81. The molecule has 0 radical (unpaired) electrons. The minimum atomic E-state index is -0.590. The number of anilines is 1. The van der Waals surface area contributed by atoms with Crippen LogP contribution in [0.5, 0.6) is 0 Å². The number of carbonyl (C=O) groups excluding carboxylic acids is 1. The first-order valence-corrected chi connectivity index (χ1v) is 10.6. The van der Waals surface area contributed by atoms with Gasteiger partial charge in [-0.3, -0.25) is 9.78 Å². The first-order valence-electron chi connectivity index (χ1n) is 10.6. The zero-order valence-electron chi connectivity index (χ0n) is 18.1. The molecule has 4 heterocycles. The number of pyridine rings is 3. The van der Waals surface area contributed by atoms with E-state index in [-0.39, 0.29) is 11.7 Å². The average molecular weight is 455 g/mol. The Kier molecular flexibility index (Phi) is 5.55. The summed E-state index contributed by atoms with van der Waals surface area (Å²) in [6.45, 7) is 1.74. The standard InChI is InChI=1S/C26H19F2N5O/c1-15(16-5-7-18(27)8-6-16)26(34)33-22-14-17(11-13-30-22)24-23(19-4-2-3-12-29-19)25-20(31-24)9-10-21(28)32-25/h2-15,31H,1H3,(H,30,33,34)/t15-/m0/s1. The van der Waals surface area contributed by atoms with E-state index >= 15 is 0 Å². The highest BCUT2D eigenvalue weighted by atomic mass is 19.1. The maximum atomic E-state index is 14.0. The number of nitrogens with one attached hydrogen (secondary N) is 2. The maximum Gasteiger partial charge on any atom is 0.232 e. The number of H-pyrrole nitrogens is 1. The molecule has 8 heteroatoms. The maximum absolute atomic E-state index is 14.0. The predicted molar refractivity (Wildman–Crippen MR) is 126 cm³/mol. The highest BCUT2D eigenvalue weighted by Crippen LogP contribution is 2.37. The van der Waals surface area contributed by atoms with Gasteiger partial charge in [0.1, 0.15) is 17.2 Å².